The first-order valence-corrected chi connectivity index (χ1v) is 8.07. The number of pyridine rings is 2. The Kier molecular flexibility index (Phi) is 5.14. The molecule has 7 heteroatoms. The highest BCUT2D eigenvalue weighted by molar-refractivity contribution is 5.96. The van der Waals surface area contributed by atoms with Gasteiger partial charge in [0, 0.05) is 50.0 Å². The van der Waals surface area contributed by atoms with Crippen LogP contribution in [0.2, 0.25) is 0 Å². The summed E-state index contributed by atoms with van der Waals surface area (Å²) in [5, 5.41) is 9.73. The molecule has 0 radical (unpaired) electrons. The molecule has 0 aliphatic carbocycles. The van der Waals surface area contributed by atoms with Crippen LogP contribution >= 0.6 is 0 Å². The zero-order chi connectivity index (χ0) is 17.8. The van der Waals surface area contributed by atoms with Crippen molar-refractivity contribution in [3.05, 3.63) is 47.8 Å². The molecule has 1 amide bonds. The number of hydrogen-bond acceptors (Lipinski definition) is 6. The Morgan fingerprint density at radius 2 is 1.96 bits per heavy atom. The van der Waals surface area contributed by atoms with E-state index in [1.165, 1.54) is 14.2 Å². The molecule has 2 atom stereocenters. The Labute approximate surface area is 146 Å². The van der Waals surface area contributed by atoms with Crippen molar-refractivity contribution in [2.45, 2.75) is 5.92 Å². The molecule has 132 valence electrons. The zero-order valence-corrected chi connectivity index (χ0v) is 14.3. The third kappa shape index (κ3) is 3.41. The Morgan fingerprint density at radius 1 is 1.20 bits per heavy atom. The predicted molar refractivity (Wildman–Crippen MR) is 90.8 cm³/mol. The minimum Gasteiger partial charge on any atom is -0.481 e. The van der Waals surface area contributed by atoms with E-state index in [9.17, 15) is 9.90 Å². The molecule has 2 aromatic rings. The largest absolute Gasteiger partial charge is 0.481 e. The van der Waals surface area contributed by atoms with Gasteiger partial charge in [-0.15, -0.1) is 0 Å². The van der Waals surface area contributed by atoms with E-state index in [1.807, 2.05) is 12.1 Å². The van der Waals surface area contributed by atoms with Crippen molar-refractivity contribution >= 4 is 5.91 Å². The van der Waals surface area contributed by atoms with Crippen molar-refractivity contribution in [2.24, 2.45) is 5.92 Å². The number of ether oxygens (including phenoxy) is 2. The van der Waals surface area contributed by atoms with E-state index in [2.05, 4.69) is 9.97 Å². The molecule has 1 fully saturated rings. The second-order valence-electron chi connectivity index (χ2n) is 5.95. The van der Waals surface area contributed by atoms with Gasteiger partial charge in [-0.2, -0.15) is 4.98 Å². The monoisotopic (exact) mass is 343 g/mol. The quantitative estimate of drug-likeness (QED) is 0.882. The first kappa shape index (κ1) is 17.2. The van der Waals surface area contributed by atoms with Crippen molar-refractivity contribution in [1.29, 1.82) is 0 Å². The third-order valence-electron chi connectivity index (χ3n) is 4.56. The van der Waals surface area contributed by atoms with Gasteiger partial charge in [-0.1, -0.05) is 0 Å². The van der Waals surface area contributed by atoms with Crippen molar-refractivity contribution < 1.29 is 19.4 Å². The Balaban J connectivity index is 1.84. The minimum absolute atomic E-state index is 0.0106. The first-order valence-electron chi connectivity index (χ1n) is 8.07. The molecular formula is C18H21N3O4. The van der Waals surface area contributed by atoms with E-state index in [0.29, 0.717) is 24.5 Å². The molecule has 3 heterocycles. The fourth-order valence-corrected chi connectivity index (χ4v) is 3.24. The fraction of sp³-hybridized carbons (Fsp3) is 0.389. The maximum Gasteiger partial charge on any atom is 0.259 e. The topological polar surface area (TPSA) is 84.8 Å². The van der Waals surface area contributed by atoms with Crippen molar-refractivity contribution in [3.63, 3.8) is 0 Å². The van der Waals surface area contributed by atoms with Crippen LogP contribution in [-0.4, -0.2) is 59.8 Å². The fourth-order valence-electron chi connectivity index (χ4n) is 3.24. The summed E-state index contributed by atoms with van der Waals surface area (Å²) in [6.45, 7) is 1.04. The third-order valence-corrected chi connectivity index (χ3v) is 4.56. The van der Waals surface area contributed by atoms with Gasteiger partial charge in [-0.3, -0.25) is 9.78 Å². The summed E-state index contributed by atoms with van der Waals surface area (Å²) in [5.74, 6) is 0.523. The lowest BCUT2D eigenvalue weighted by Crippen LogP contribution is -2.29. The summed E-state index contributed by atoms with van der Waals surface area (Å²) in [5.41, 5.74) is 1.46. The smallest absolute Gasteiger partial charge is 0.259 e. The van der Waals surface area contributed by atoms with Crippen LogP contribution in [-0.2, 0) is 0 Å². The second kappa shape index (κ2) is 7.48. The maximum atomic E-state index is 12.9. The van der Waals surface area contributed by atoms with Crippen LogP contribution < -0.4 is 9.47 Å². The Bertz CT molecular complexity index is 738. The summed E-state index contributed by atoms with van der Waals surface area (Å²) in [6.07, 6.45) is 3.45. The molecule has 1 N–H and O–H groups in total. The number of rotatable bonds is 5. The average Bonchev–Trinajstić information content (AvgIpc) is 3.12. The van der Waals surface area contributed by atoms with Crippen molar-refractivity contribution in [2.75, 3.05) is 33.9 Å². The van der Waals surface area contributed by atoms with Crippen LogP contribution in [0.4, 0.5) is 0 Å². The molecule has 1 saturated heterocycles. The van der Waals surface area contributed by atoms with Gasteiger partial charge in [-0.05, 0) is 23.8 Å². The molecule has 0 spiro atoms. The molecule has 1 aliphatic heterocycles. The number of carbonyl (C=O) groups is 1. The van der Waals surface area contributed by atoms with E-state index in [4.69, 9.17) is 9.47 Å². The van der Waals surface area contributed by atoms with Crippen LogP contribution in [0, 0.1) is 5.92 Å². The second-order valence-corrected chi connectivity index (χ2v) is 5.95. The lowest BCUT2D eigenvalue weighted by molar-refractivity contribution is 0.0777. The van der Waals surface area contributed by atoms with E-state index in [0.717, 1.165) is 5.56 Å². The molecule has 3 rings (SSSR count). The summed E-state index contributed by atoms with van der Waals surface area (Å²) in [6, 6.07) is 7.14. The van der Waals surface area contributed by atoms with Gasteiger partial charge < -0.3 is 19.5 Å². The summed E-state index contributed by atoms with van der Waals surface area (Å²) in [7, 11) is 2.98. The molecule has 2 aromatic heterocycles. The summed E-state index contributed by atoms with van der Waals surface area (Å²) >= 11 is 0. The van der Waals surface area contributed by atoms with Gasteiger partial charge >= 0.3 is 0 Å². The summed E-state index contributed by atoms with van der Waals surface area (Å²) in [4.78, 5) is 22.9. The van der Waals surface area contributed by atoms with Crippen molar-refractivity contribution in [1.82, 2.24) is 14.9 Å². The van der Waals surface area contributed by atoms with Crippen LogP contribution in [0.15, 0.2) is 36.7 Å². The molecule has 1 aliphatic rings. The number of aromatic nitrogens is 2. The van der Waals surface area contributed by atoms with Gasteiger partial charge in [0.15, 0.2) is 0 Å². The number of amides is 1. The number of likely N-dealkylation sites (tertiary alicyclic amines) is 1. The maximum absolute atomic E-state index is 12.9. The van der Waals surface area contributed by atoms with Gasteiger partial charge in [0.05, 0.1) is 14.2 Å². The zero-order valence-electron chi connectivity index (χ0n) is 14.3. The molecule has 7 nitrogen and oxygen atoms in total. The van der Waals surface area contributed by atoms with Gasteiger partial charge in [0.1, 0.15) is 5.56 Å². The lowest BCUT2D eigenvalue weighted by Gasteiger charge is -2.18. The van der Waals surface area contributed by atoms with Gasteiger partial charge in [-0.25, -0.2) is 0 Å². The van der Waals surface area contributed by atoms with E-state index in [1.54, 1.807) is 29.4 Å². The number of hydrogen-bond donors (Lipinski definition) is 1. The SMILES string of the molecule is COc1ccc(C(=O)N2C[C@@H](CO)[C@H](c3ccncc3)C2)c(OC)n1. The molecular weight excluding hydrogens is 322 g/mol. The molecule has 0 saturated carbocycles. The lowest BCUT2D eigenvalue weighted by atomic mass is 9.90. The van der Waals surface area contributed by atoms with Crippen molar-refractivity contribution in [3.8, 4) is 11.8 Å². The highest BCUT2D eigenvalue weighted by atomic mass is 16.5. The Hall–Kier alpha value is -2.67. The van der Waals surface area contributed by atoms with Crippen LogP contribution in [0.1, 0.15) is 21.8 Å². The molecule has 25 heavy (non-hydrogen) atoms. The van der Waals surface area contributed by atoms with Gasteiger partial charge in [0.2, 0.25) is 11.8 Å². The molecule has 0 bridgehead atoms. The summed E-state index contributed by atoms with van der Waals surface area (Å²) < 4.78 is 10.3. The number of nitrogens with zero attached hydrogens (tertiary/aromatic N) is 3. The van der Waals surface area contributed by atoms with E-state index in [-0.39, 0.29) is 30.2 Å². The van der Waals surface area contributed by atoms with Crippen LogP contribution in [0.25, 0.3) is 0 Å². The normalized spacial score (nSPS) is 19.7. The van der Waals surface area contributed by atoms with E-state index < -0.39 is 0 Å². The number of methoxy groups -OCH3 is 2. The minimum atomic E-state index is -0.165. The van der Waals surface area contributed by atoms with Crippen LogP contribution in [0.3, 0.4) is 0 Å². The predicted octanol–water partition coefficient (Wildman–Crippen LogP) is 1.34. The number of aliphatic hydroxyl groups is 1. The van der Waals surface area contributed by atoms with E-state index >= 15 is 0 Å². The van der Waals surface area contributed by atoms with Crippen LogP contribution in [0.5, 0.6) is 11.8 Å². The number of carbonyl (C=O) groups excluding carboxylic acids is 1. The Morgan fingerprint density at radius 3 is 2.60 bits per heavy atom. The molecule has 0 unspecified atom stereocenters. The molecule has 0 aromatic carbocycles. The highest BCUT2D eigenvalue weighted by Crippen LogP contribution is 2.34. The standard InChI is InChI=1S/C18H21N3O4/c1-24-16-4-3-14(17(20-16)25-2)18(23)21-9-13(11-22)15(10-21)12-5-7-19-8-6-12/h3-8,13,15,22H,9-11H2,1-2H3/t13-,15-/m0/s1. The average molecular weight is 343 g/mol. The first-order chi connectivity index (χ1) is 12.2. The number of aliphatic hydroxyl groups excluding tert-OH is 1. The van der Waals surface area contributed by atoms with Gasteiger partial charge in [0.25, 0.3) is 5.91 Å². The highest BCUT2D eigenvalue weighted by Gasteiger charge is 2.37.